The number of alkyl halides is 4. The minimum absolute atomic E-state index is 0.156. The third-order valence-electron chi connectivity index (χ3n) is 2.51. The standard InChI is InChI=1S/C9H16ClF3N2O/c10-5-8(16)6-14-1-3-15(4-2-14)7-9(11,12)13/h8,16H,1-7H2. The van der Waals surface area contributed by atoms with Crippen LogP contribution >= 0.6 is 11.6 Å². The summed E-state index contributed by atoms with van der Waals surface area (Å²) in [4.78, 5) is 3.31. The summed E-state index contributed by atoms with van der Waals surface area (Å²) in [6, 6.07) is 0. The first-order valence-corrected chi connectivity index (χ1v) is 5.69. The molecule has 1 aliphatic rings. The summed E-state index contributed by atoms with van der Waals surface area (Å²) in [5.74, 6) is 0.156. The normalized spacial score (nSPS) is 22.3. The second kappa shape index (κ2) is 6.05. The fraction of sp³-hybridized carbons (Fsp3) is 1.00. The molecule has 0 radical (unpaired) electrons. The summed E-state index contributed by atoms with van der Waals surface area (Å²) >= 11 is 5.45. The van der Waals surface area contributed by atoms with Gasteiger partial charge in [-0.3, -0.25) is 9.80 Å². The molecule has 0 aromatic heterocycles. The van der Waals surface area contributed by atoms with Crippen molar-refractivity contribution in [2.75, 3.05) is 45.1 Å². The number of rotatable bonds is 4. The van der Waals surface area contributed by atoms with Gasteiger partial charge in [0.05, 0.1) is 12.6 Å². The van der Waals surface area contributed by atoms with Crippen LogP contribution in [0.15, 0.2) is 0 Å². The highest BCUT2D eigenvalue weighted by Crippen LogP contribution is 2.17. The second-order valence-corrected chi connectivity index (χ2v) is 4.31. The van der Waals surface area contributed by atoms with E-state index in [4.69, 9.17) is 11.6 Å². The molecule has 1 rings (SSSR count). The van der Waals surface area contributed by atoms with Gasteiger partial charge in [-0.25, -0.2) is 0 Å². The molecule has 96 valence electrons. The number of halogens is 4. The quantitative estimate of drug-likeness (QED) is 0.757. The van der Waals surface area contributed by atoms with Gasteiger partial charge in [-0.2, -0.15) is 13.2 Å². The summed E-state index contributed by atoms with van der Waals surface area (Å²) in [5, 5.41) is 9.30. The van der Waals surface area contributed by atoms with Gasteiger partial charge in [0.1, 0.15) is 0 Å². The van der Waals surface area contributed by atoms with E-state index in [9.17, 15) is 18.3 Å². The Hall–Kier alpha value is -0.0400. The van der Waals surface area contributed by atoms with Crippen LogP contribution in [0.2, 0.25) is 0 Å². The number of β-amino-alcohol motifs (C(OH)–C–C–N with tert-alkyl or cyclic N) is 1. The Balaban J connectivity index is 2.23. The van der Waals surface area contributed by atoms with Crippen molar-refractivity contribution in [1.29, 1.82) is 0 Å². The lowest BCUT2D eigenvalue weighted by atomic mass is 10.2. The van der Waals surface area contributed by atoms with Crippen molar-refractivity contribution in [2.45, 2.75) is 12.3 Å². The van der Waals surface area contributed by atoms with Gasteiger partial charge in [-0.05, 0) is 0 Å². The van der Waals surface area contributed by atoms with Gasteiger partial charge >= 0.3 is 6.18 Å². The molecule has 1 atom stereocenters. The van der Waals surface area contributed by atoms with Gasteiger partial charge in [0.25, 0.3) is 0 Å². The molecule has 0 aromatic carbocycles. The van der Waals surface area contributed by atoms with Crippen molar-refractivity contribution < 1.29 is 18.3 Å². The van der Waals surface area contributed by atoms with Crippen LogP contribution in [-0.4, -0.2) is 72.3 Å². The van der Waals surface area contributed by atoms with Crippen molar-refractivity contribution in [3.8, 4) is 0 Å². The van der Waals surface area contributed by atoms with E-state index in [0.717, 1.165) is 0 Å². The van der Waals surface area contributed by atoms with E-state index in [-0.39, 0.29) is 5.88 Å². The molecule has 16 heavy (non-hydrogen) atoms. The minimum atomic E-state index is -4.13. The van der Waals surface area contributed by atoms with Crippen molar-refractivity contribution >= 4 is 11.6 Å². The average molecular weight is 261 g/mol. The monoisotopic (exact) mass is 260 g/mol. The maximum Gasteiger partial charge on any atom is 0.401 e. The molecule has 0 bridgehead atoms. The number of nitrogens with zero attached hydrogens (tertiary/aromatic N) is 2. The van der Waals surface area contributed by atoms with E-state index in [1.54, 1.807) is 0 Å². The van der Waals surface area contributed by atoms with Crippen LogP contribution in [0.25, 0.3) is 0 Å². The minimum Gasteiger partial charge on any atom is -0.391 e. The smallest absolute Gasteiger partial charge is 0.391 e. The zero-order valence-corrected chi connectivity index (χ0v) is 9.64. The highest BCUT2D eigenvalue weighted by atomic mass is 35.5. The largest absolute Gasteiger partial charge is 0.401 e. The van der Waals surface area contributed by atoms with Crippen molar-refractivity contribution in [3.63, 3.8) is 0 Å². The molecule has 3 nitrogen and oxygen atoms in total. The Morgan fingerprint density at radius 3 is 2.06 bits per heavy atom. The van der Waals surface area contributed by atoms with Crippen molar-refractivity contribution in [3.05, 3.63) is 0 Å². The molecule has 1 saturated heterocycles. The maximum absolute atomic E-state index is 12.1. The summed E-state index contributed by atoms with van der Waals surface area (Å²) in [6.45, 7) is 1.44. The van der Waals surface area contributed by atoms with Crippen LogP contribution < -0.4 is 0 Å². The van der Waals surface area contributed by atoms with Gasteiger partial charge in [-0.15, -0.1) is 11.6 Å². The van der Waals surface area contributed by atoms with Crippen LogP contribution in [-0.2, 0) is 0 Å². The molecule has 1 N–H and O–H groups in total. The molecule has 1 heterocycles. The van der Waals surface area contributed by atoms with E-state index >= 15 is 0 Å². The van der Waals surface area contributed by atoms with Crippen LogP contribution in [0.3, 0.4) is 0 Å². The molecule has 0 aromatic rings. The molecular formula is C9H16ClF3N2O. The third-order valence-corrected chi connectivity index (χ3v) is 2.87. The lowest BCUT2D eigenvalue weighted by Crippen LogP contribution is -2.50. The predicted molar refractivity (Wildman–Crippen MR) is 55.7 cm³/mol. The highest BCUT2D eigenvalue weighted by molar-refractivity contribution is 6.18. The van der Waals surface area contributed by atoms with Crippen molar-refractivity contribution in [1.82, 2.24) is 9.80 Å². The Bertz CT molecular complexity index is 207. The number of hydrogen-bond acceptors (Lipinski definition) is 3. The molecule has 1 fully saturated rings. The van der Waals surface area contributed by atoms with Crippen LogP contribution in [0, 0.1) is 0 Å². The maximum atomic E-state index is 12.1. The Kier molecular flexibility index (Phi) is 5.30. The van der Waals surface area contributed by atoms with E-state index in [1.807, 2.05) is 4.90 Å². The Morgan fingerprint density at radius 2 is 1.62 bits per heavy atom. The average Bonchev–Trinajstić information content (AvgIpc) is 2.18. The summed E-state index contributed by atoms with van der Waals surface area (Å²) in [7, 11) is 0. The fourth-order valence-corrected chi connectivity index (χ4v) is 1.83. The highest BCUT2D eigenvalue weighted by Gasteiger charge is 2.32. The second-order valence-electron chi connectivity index (χ2n) is 4.00. The molecule has 0 spiro atoms. The molecule has 0 amide bonds. The number of hydrogen-bond donors (Lipinski definition) is 1. The molecule has 1 aliphatic heterocycles. The van der Waals surface area contributed by atoms with E-state index in [1.165, 1.54) is 4.90 Å². The van der Waals surface area contributed by atoms with Crippen LogP contribution in [0.1, 0.15) is 0 Å². The predicted octanol–water partition coefficient (Wildman–Crippen LogP) is 0.766. The molecule has 0 aliphatic carbocycles. The lowest BCUT2D eigenvalue weighted by molar-refractivity contribution is -0.149. The van der Waals surface area contributed by atoms with Gasteiger partial charge < -0.3 is 5.11 Å². The van der Waals surface area contributed by atoms with Gasteiger partial charge in [0.15, 0.2) is 0 Å². The zero-order valence-electron chi connectivity index (χ0n) is 8.88. The summed E-state index contributed by atoms with van der Waals surface area (Å²) in [6.07, 6.45) is -4.73. The SMILES string of the molecule is OC(CCl)CN1CCN(CC(F)(F)F)CC1. The van der Waals surface area contributed by atoms with Gasteiger partial charge in [0.2, 0.25) is 0 Å². The van der Waals surface area contributed by atoms with E-state index < -0.39 is 18.8 Å². The van der Waals surface area contributed by atoms with Crippen LogP contribution in [0.4, 0.5) is 13.2 Å². The van der Waals surface area contributed by atoms with Crippen molar-refractivity contribution in [2.24, 2.45) is 0 Å². The number of aliphatic hydroxyl groups is 1. The number of aliphatic hydroxyl groups excluding tert-OH is 1. The lowest BCUT2D eigenvalue weighted by Gasteiger charge is -2.35. The van der Waals surface area contributed by atoms with E-state index in [0.29, 0.717) is 32.7 Å². The number of piperazine rings is 1. The first-order valence-electron chi connectivity index (χ1n) is 5.16. The third kappa shape index (κ3) is 5.34. The first-order chi connectivity index (χ1) is 7.40. The molecule has 1 unspecified atom stereocenters. The van der Waals surface area contributed by atoms with Gasteiger partial charge in [0, 0.05) is 38.6 Å². The molecule has 7 heteroatoms. The molecule has 0 saturated carbocycles. The fourth-order valence-electron chi connectivity index (χ4n) is 1.73. The zero-order chi connectivity index (χ0) is 12.2. The van der Waals surface area contributed by atoms with Crippen LogP contribution in [0.5, 0.6) is 0 Å². The summed E-state index contributed by atoms with van der Waals surface area (Å²) in [5.41, 5.74) is 0. The van der Waals surface area contributed by atoms with E-state index in [2.05, 4.69) is 0 Å². The Morgan fingerprint density at radius 1 is 1.12 bits per heavy atom. The van der Waals surface area contributed by atoms with Gasteiger partial charge in [-0.1, -0.05) is 0 Å². The topological polar surface area (TPSA) is 26.7 Å². The molecular weight excluding hydrogens is 245 g/mol. The Labute approximate surface area is 97.8 Å². The first kappa shape index (κ1) is 14.0. The summed E-state index contributed by atoms with van der Waals surface area (Å²) < 4.78 is 36.3.